The van der Waals surface area contributed by atoms with Crippen molar-refractivity contribution in [2.45, 2.75) is 63.2 Å². The van der Waals surface area contributed by atoms with Crippen LogP contribution in [0.4, 0.5) is 5.13 Å². The fraction of sp³-hybridized carbons (Fsp3) is 0.737. The van der Waals surface area contributed by atoms with Gasteiger partial charge in [0, 0.05) is 24.5 Å². The first-order valence-corrected chi connectivity index (χ1v) is 11.0. The van der Waals surface area contributed by atoms with Crippen LogP contribution in [0.3, 0.4) is 0 Å². The molecule has 2 aliphatic heterocycles. The SMILES string of the molecule is O=C(C[C@@H]1CC[C@@H](NC(=O)CCN2CCCCC2)[C@H](CO)O1)Nc1nccs1. The molecular weight excluding hydrogens is 380 g/mol. The Balaban J connectivity index is 1.39. The van der Waals surface area contributed by atoms with E-state index in [-0.39, 0.29) is 37.0 Å². The first-order chi connectivity index (χ1) is 13.6. The van der Waals surface area contributed by atoms with Crippen LogP contribution in [0.15, 0.2) is 11.6 Å². The van der Waals surface area contributed by atoms with Crippen LogP contribution in [0, 0.1) is 0 Å². The van der Waals surface area contributed by atoms with Crippen LogP contribution < -0.4 is 10.6 Å². The van der Waals surface area contributed by atoms with Gasteiger partial charge in [-0.15, -0.1) is 11.3 Å². The van der Waals surface area contributed by atoms with Crippen LogP contribution in [-0.4, -0.2) is 71.3 Å². The van der Waals surface area contributed by atoms with Crippen LogP contribution in [0.1, 0.15) is 44.9 Å². The zero-order valence-electron chi connectivity index (χ0n) is 16.1. The van der Waals surface area contributed by atoms with E-state index in [1.807, 2.05) is 0 Å². The number of aliphatic hydroxyl groups is 1. The minimum Gasteiger partial charge on any atom is -0.394 e. The highest BCUT2D eigenvalue weighted by Gasteiger charge is 2.33. The number of rotatable bonds is 8. The van der Waals surface area contributed by atoms with Crippen molar-refractivity contribution in [1.29, 1.82) is 0 Å². The lowest BCUT2D eigenvalue weighted by molar-refractivity contribution is -0.133. The van der Waals surface area contributed by atoms with Gasteiger partial charge in [-0.1, -0.05) is 6.42 Å². The van der Waals surface area contributed by atoms with Gasteiger partial charge in [-0.2, -0.15) is 0 Å². The molecule has 9 heteroatoms. The summed E-state index contributed by atoms with van der Waals surface area (Å²) in [7, 11) is 0. The molecule has 3 rings (SSSR count). The molecule has 0 spiro atoms. The van der Waals surface area contributed by atoms with Gasteiger partial charge in [0.1, 0.15) is 6.10 Å². The van der Waals surface area contributed by atoms with E-state index < -0.39 is 6.10 Å². The van der Waals surface area contributed by atoms with Gasteiger partial charge in [-0.05, 0) is 38.8 Å². The molecule has 2 fully saturated rings. The third-order valence-corrected chi connectivity index (χ3v) is 6.03. The highest BCUT2D eigenvalue weighted by Crippen LogP contribution is 2.23. The molecule has 1 aromatic heterocycles. The number of aliphatic hydroxyl groups excluding tert-OH is 1. The van der Waals surface area contributed by atoms with Crippen molar-refractivity contribution < 1.29 is 19.4 Å². The quantitative estimate of drug-likeness (QED) is 0.598. The molecule has 2 saturated heterocycles. The first kappa shape index (κ1) is 21.2. The van der Waals surface area contributed by atoms with Crippen LogP contribution in [-0.2, 0) is 14.3 Å². The molecule has 0 bridgehead atoms. The second-order valence-electron chi connectivity index (χ2n) is 7.47. The number of aromatic nitrogens is 1. The number of carbonyl (C=O) groups excluding carboxylic acids is 2. The molecule has 0 aromatic carbocycles. The van der Waals surface area contributed by atoms with Gasteiger partial charge >= 0.3 is 0 Å². The number of ether oxygens (including phenoxy) is 1. The smallest absolute Gasteiger partial charge is 0.228 e. The molecule has 1 aromatic rings. The van der Waals surface area contributed by atoms with E-state index in [2.05, 4.69) is 20.5 Å². The average Bonchev–Trinajstić information content (AvgIpc) is 3.21. The highest BCUT2D eigenvalue weighted by atomic mass is 32.1. The lowest BCUT2D eigenvalue weighted by Gasteiger charge is -2.36. The maximum Gasteiger partial charge on any atom is 0.228 e. The Labute approximate surface area is 169 Å². The molecule has 0 aliphatic carbocycles. The summed E-state index contributed by atoms with van der Waals surface area (Å²) < 4.78 is 5.88. The highest BCUT2D eigenvalue weighted by molar-refractivity contribution is 7.13. The summed E-state index contributed by atoms with van der Waals surface area (Å²) in [6.45, 7) is 2.75. The number of hydrogen-bond donors (Lipinski definition) is 3. The van der Waals surface area contributed by atoms with Crippen molar-refractivity contribution in [3.63, 3.8) is 0 Å². The number of thiazole rings is 1. The Morgan fingerprint density at radius 2 is 2.07 bits per heavy atom. The Kier molecular flexibility index (Phi) is 8.20. The lowest BCUT2D eigenvalue weighted by Crippen LogP contribution is -2.51. The third kappa shape index (κ3) is 6.51. The Morgan fingerprint density at radius 1 is 1.25 bits per heavy atom. The minimum absolute atomic E-state index is 0.00223. The number of hydrogen-bond acceptors (Lipinski definition) is 7. The van der Waals surface area contributed by atoms with Crippen molar-refractivity contribution in [2.75, 3.05) is 31.6 Å². The number of anilines is 1. The molecule has 0 radical (unpaired) electrons. The maximum atomic E-state index is 12.3. The van der Waals surface area contributed by atoms with Gasteiger partial charge in [0.05, 0.1) is 25.2 Å². The summed E-state index contributed by atoms with van der Waals surface area (Å²) in [5.41, 5.74) is 0. The number of carbonyl (C=O) groups is 2. The first-order valence-electron chi connectivity index (χ1n) is 10.1. The standard InChI is InChI=1S/C19H30N4O4S/c24-13-16-15(21-17(25)6-10-23-8-2-1-3-9-23)5-4-14(27-16)12-18(26)22-19-20-7-11-28-19/h7,11,14-16,24H,1-6,8-10,12-13H2,(H,21,25)(H,20,22,26)/t14-,15+,16-/m0/s1. The third-order valence-electron chi connectivity index (χ3n) is 5.34. The van der Waals surface area contributed by atoms with Crippen LogP contribution in [0.2, 0.25) is 0 Å². The predicted octanol–water partition coefficient (Wildman–Crippen LogP) is 1.37. The fourth-order valence-corrected chi connectivity index (χ4v) is 4.38. The van der Waals surface area contributed by atoms with Crippen LogP contribution in [0.25, 0.3) is 0 Å². The second-order valence-corrected chi connectivity index (χ2v) is 8.37. The number of nitrogens with one attached hydrogen (secondary N) is 2. The number of nitrogens with zero attached hydrogens (tertiary/aromatic N) is 2. The minimum atomic E-state index is -0.481. The fourth-order valence-electron chi connectivity index (χ4n) is 3.83. The number of piperidine rings is 1. The zero-order chi connectivity index (χ0) is 19.8. The summed E-state index contributed by atoms with van der Waals surface area (Å²) >= 11 is 1.37. The van der Waals surface area contributed by atoms with E-state index in [0.717, 1.165) is 19.6 Å². The number of amides is 2. The van der Waals surface area contributed by atoms with Crippen molar-refractivity contribution >= 4 is 28.3 Å². The molecule has 2 aliphatic rings. The monoisotopic (exact) mass is 410 g/mol. The number of likely N-dealkylation sites (tertiary alicyclic amines) is 1. The summed E-state index contributed by atoms with van der Waals surface area (Å²) in [6.07, 6.45) is 6.63. The molecule has 2 amide bonds. The van der Waals surface area contributed by atoms with E-state index in [0.29, 0.717) is 24.4 Å². The average molecular weight is 411 g/mol. The largest absolute Gasteiger partial charge is 0.394 e. The lowest BCUT2D eigenvalue weighted by atomic mass is 9.96. The second kappa shape index (κ2) is 10.8. The summed E-state index contributed by atoms with van der Waals surface area (Å²) in [5, 5.41) is 17.8. The normalized spacial score (nSPS) is 26.0. The molecule has 3 atom stereocenters. The molecule has 156 valence electrons. The van der Waals surface area contributed by atoms with Crippen LogP contribution in [0.5, 0.6) is 0 Å². The van der Waals surface area contributed by atoms with Gasteiger partial charge in [0.25, 0.3) is 0 Å². The maximum absolute atomic E-state index is 12.3. The van der Waals surface area contributed by atoms with E-state index in [4.69, 9.17) is 4.74 Å². The topological polar surface area (TPSA) is 104 Å². The summed E-state index contributed by atoms with van der Waals surface area (Å²) in [4.78, 5) is 30.8. The predicted molar refractivity (Wildman–Crippen MR) is 107 cm³/mol. The molecule has 28 heavy (non-hydrogen) atoms. The van der Waals surface area contributed by atoms with Crippen molar-refractivity contribution in [3.05, 3.63) is 11.6 Å². The van der Waals surface area contributed by atoms with Crippen molar-refractivity contribution in [1.82, 2.24) is 15.2 Å². The summed E-state index contributed by atoms with van der Waals surface area (Å²) in [6, 6.07) is -0.211. The van der Waals surface area contributed by atoms with Crippen molar-refractivity contribution in [3.8, 4) is 0 Å². The van der Waals surface area contributed by atoms with E-state index in [1.54, 1.807) is 11.6 Å². The van der Waals surface area contributed by atoms with Gasteiger partial charge in [-0.25, -0.2) is 4.98 Å². The van der Waals surface area contributed by atoms with E-state index in [9.17, 15) is 14.7 Å². The Bertz CT molecular complexity index is 621. The molecule has 0 unspecified atom stereocenters. The molecule has 3 N–H and O–H groups in total. The molecule has 3 heterocycles. The van der Waals surface area contributed by atoms with Gasteiger partial charge in [0.15, 0.2) is 5.13 Å². The van der Waals surface area contributed by atoms with Gasteiger partial charge < -0.3 is 25.4 Å². The van der Waals surface area contributed by atoms with Crippen LogP contribution >= 0.6 is 11.3 Å². The van der Waals surface area contributed by atoms with E-state index in [1.165, 1.54) is 30.6 Å². The van der Waals surface area contributed by atoms with Gasteiger partial charge in [-0.3, -0.25) is 9.59 Å². The molecular formula is C19H30N4O4S. The Hall–Kier alpha value is -1.55. The molecule has 0 saturated carbocycles. The van der Waals surface area contributed by atoms with E-state index >= 15 is 0 Å². The summed E-state index contributed by atoms with van der Waals surface area (Å²) in [5.74, 6) is -0.154. The molecule has 8 nitrogen and oxygen atoms in total. The Morgan fingerprint density at radius 3 is 2.79 bits per heavy atom. The zero-order valence-corrected chi connectivity index (χ0v) is 17.0. The van der Waals surface area contributed by atoms with Crippen molar-refractivity contribution in [2.24, 2.45) is 0 Å². The van der Waals surface area contributed by atoms with Gasteiger partial charge in [0.2, 0.25) is 11.8 Å².